The van der Waals surface area contributed by atoms with Crippen molar-refractivity contribution in [2.24, 2.45) is 0 Å². The third-order valence-corrected chi connectivity index (χ3v) is 4.11. The molecule has 0 aliphatic heterocycles. The van der Waals surface area contributed by atoms with Crippen LogP contribution in [0.1, 0.15) is 22.3 Å². The lowest BCUT2D eigenvalue weighted by Crippen LogP contribution is -3.04. The number of rotatable bonds is 5. The highest BCUT2D eigenvalue weighted by Gasteiger charge is 2.06. The van der Waals surface area contributed by atoms with Crippen molar-refractivity contribution in [1.29, 1.82) is 0 Å². The number of anilines is 1. The monoisotopic (exact) mass is 328 g/mol. The minimum Gasteiger partial charge on any atom is -0.358 e. The van der Waals surface area contributed by atoms with E-state index in [1.807, 2.05) is 0 Å². The van der Waals surface area contributed by atoms with Gasteiger partial charge in [-0.05, 0) is 54.9 Å². The van der Waals surface area contributed by atoms with Gasteiger partial charge >= 0.3 is 0 Å². The van der Waals surface area contributed by atoms with E-state index in [9.17, 15) is 0 Å². The summed E-state index contributed by atoms with van der Waals surface area (Å²) in [5, 5.41) is 7.21. The summed E-state index contributed by atoms with van der Waals surface area (Å²) >= 11 is 5.41. The first-order valence-electron chi connectivity index (χ1n) is 7.93. The Balaban J connectivity index is 1.95. The van der Waals surface area contributed by atoms with E-state index in [1.165, 1.54) is 27.2 Å². The van der Waals surface area contributed by atoms with Crippen LogP contribution < -0.4 is 15.5 Å². The fraction of sp³-hybridized carbons (Fsp3) is 0.316. The van der Waals surface area contributed by atoms with Gasteiger partial charge < -0.3 is 15.5 Å². The van der Waals surface area contributed by atoms with Gasteiger partial charge in [0.05, 0.1) is 14.1 Å². The highest BCUT2D eigenvalue weighted by Crippen LogP contribution is 2.14. The van der Waals surface area contributed by atoms with Gasteiger partial charge in [0.1, 0.15) is 6.54 Å². The zero-order chi connectivity index (χ0) is 16.8. The van der Waals surface area contributed by atoms with Crippen LogP contribution in [0.15, 0.2) is 42.5 Å². The Morgan fingerprint density at radius 3 is 2.35 bits per heavy atom. The van der Waals surface area contributed by atoms with Crippen molar-refractivity contribution in [1.82, 2.24) is 5.32 Å². The molecule has 0 saturated heterocycles. The second-order valence-electron chi connectivity index (χ2n) is 6.26. The first kappa shape index (κ1) is 17.4. The van der Waals surface area contributed by atoms with Gasteiger partial charge in [0, 0.05) is 17.8 Å². The van der Waals surface area contributed by atoms with Crippen molar-refractivity contribution in [2.45, 2.75) is 26.9 Å². The molecule has 0 aliphatic rings. The summed E-state index contributed by atoms with van der Waals surface area (Å²) in [6, 6.07) is 14.8. The van der Waals surface area contributed by atoms with Crippen LogP contribution in [0.5, 0.6) is 0 Å². The first-order chi connectivity index (χ1) is 11.0. The van der Waals surface area contributed by atoms with Crippen LogP contribution in [0.3, 0.4) is 0 Å². The molecule has 0 radical (unpaired) electrons. The summed E-state index contributed by atoms with van der Waals surface area (Å²) in [6.45, 7) is 5.96. The largest absolute Gasteiger partial charge is 0.358 e. The predicted octanol–water partition coefficient (Wildman–Crippen LogP) is 2.43. The quantitative estimate of drug-likeness (QED) is 0.736. The highest BCUT2D eigenvalue weighted by molar-refractivity contribution is 7.80. The molecule has 4 heteroatoms. The van der Waals surface area contributed by atoms with Crippen LogP contribution in [0.4, 0.5) is 5.69 Å². The van der Waals surface area contributed by atoms with Crippen LogP contribution >= 0.6 is 12.2 Å². The van der Waals surface area contributed by atoms with Gasteiger partial charge in [-0.2, -0.15) is 0 Å². The van der Waals surface area contributed by atoms with Crippen LogP contribution in [0.2, 0.25) is 0 Å². The summed E-state index contributed by atoms with van der Waals surface area (Å²) in [5.74, 6) is 0. The summed E-state index contributed by atoms with van der Waals surface area (Å²) < 4.78 is 0. The van der Waals surface area contributed by atoms with Crippen LogP contribution in [0, 0.1) is 13.8 Å². The van der Waals surface area contributed by atoms with Crippen molar-refractivity contribution in [3.8, 4) is 0 Å². The van der Waals surface area contributed by atoms with Gasteiger partial charge in [-0.3, -0.25) is 0 Å². The van der Waals surface area contributed by atoms with Gasteiger partial charge in [-0.15, -0.1) is 0 Å². The third kappa shape index (κ3) is 5.34. The van der Waals surface area contributed by atoms with E-state index in [0.717, 1.165) is 18.8 Å². The Hall–Kier alpha value is -1.91. The standard InChI is InChI=1S/C19H25N3S/c1-14-9-10-18(11-15(14)2)21-19(23)20-12-16-7-5-6-8-17(16)13-22(3)4/h5-11H,12-13H2,1-4H3,(H2,20,21,23)/p+1. The minimum absolute atomic E-state index is 0.653. The SMILES string of the molecule is Cc1ccc(NC(=S)NCc2ccccc2C[NH+](C)C)cc1C. The second-order valence-corrected chi connectivity index (χ2v) is 6.67. The number of quaternary nitrogens is 1. The predicted molar refractivity (Wildman–Crippen MR) is 102 cm³/mol. The van der Waals surface area contributed by atoms with Crippen molar-refractivity contribution < 1.29 is 4.90 Å². The van der Waals surface area contributed by atoms with Crippen molar-refractivity contribution in [2.75, 3.05) is 19.4 Å². The Bertz CT molecular complexity index is 680. The number of hydrogen-bond donors (Lipinski definition) is 3. The van der Waals surface area contributed by atoms with E-state index >= 15 is 0 Å². The fourth-order valence-corrected chi connectivity index (χ4v) is 2.64. The van der Waals surface area contributed by atoms with Gasteiger partial charge in [-0.25, -0.2) is 0 Å². The molecule has 0 spiro atoms. The molecule has 0 fully saturated rings. The summed E-state index contributed by atoms with van der Waals surface area (Å²) in [7, 11) is 4.33. The van der Waals surface area contributed by atoms with Gasteiger partial charge in [-0.1, -0.05) is 30.3 Å². The Morgan fingerprint density at radius 1 is 1.00 bits per heavy atom. The molecular formula is C19H26N3S+. The van der Waals surface area contributed by atoms with E-state index < -0.39 is 0 Å². The van der Waals surface area contributed by atoms with Crippen LogP contribution in [-0.4, -0.2) is 19.2 Å². The highest BCUT2D eigenvalue weighted by atomic mass is 32.1. The zero-order valence-electron chi connectivity index (χ0n) is 14.4. The zero-order valence-corrected chi connectivity index (χ0v) is 15.2. The van der Waals surface area contributed by atoms with E-state index in [0.29, 0.717) is 5.11 Å². The maximum Gasteiger partial charge on any atom is 0.171 e. The Morgan fingerprint density at radius 2 is 1.70 bits per heavy atom. The molecule has 2 aromatic carbocycles. The number of benzene rings is 2. The molecule has 122 valence electrons. The molecule has 3 nitrogen and oxygen atoms in total. The molecule has 0 bridgehead atoms. The van der Waals surface area contributed by atoms with E-state index in [1.54, 1.807) is 0 Å². The van der Waals surface area contributed by atoms with E-state index in [4.69, 9.17) is 12.2 Å². The lowest BCUT2D eigenvalue weighted by atomic mass is 10.1. The van der Waals surface area contributed by atoms with Crippen molar-refractivity contribution in [3.05, 3.63) is 64.7 Å². The van der Waals surface area contributed by atoms with E-state index in [2.05, 4.69) is 81.0 Å². The van der Waals surface area contributed by atoms with Gasteiger partial charge in [0.25, 0.3) is 0 Å². The Kier molecular flexibility index (Phi) is 6.13. The molecule has 0 aliphatic carbocycles. The molecule has 3 N–H and O–H groups in total. The normalized spacial score (nSPS) is 10.7. The molecule has 0 heterocycles. The first-order valence-corrected chi connectivity index (χ1v) is 8.34. The summed E-state index contributed by atoms with van der Waals surface area (Å²) in [5.41, 5.74) is 6.22. The average molecular weight is 329 g/mol. The molecule has 0 atom stereocenters. The molecule has 0 saturated carbocycles. The minimum atomic E-state index is 0.653. The lowest BCUT2D eigenvalue weighted by molar-refractivity contribution is -0.872. The Labute approximate surface area is 144 Å². The molecule has 2 rings (SSSR count). The number of aryl methyl sites for hydroxylation is 2. The van der Waals surface area contributed by atoms with Gasteiger partial charge in [0.2, 0.25) is 0 Å². The van der Waals surface area contributed by atoms with E-state index in [-0.39, 0.29) is 0 Å². The molecule has 23 heavy (non-hydrogen) atoms. The molecule has 0 aromatic heterocycles. The summed E-state index contributed by atoms with van der Waals surface area (Å²) in [4.78, 5) is 1.41. The third-order valence-electron chi connectivity index (χ3n) is 3.87. The average Bonchev–Trinajstić information content (AvgIpc) is 2.49. The maximum atomic E-state index is 5.41. The lowest BCUT2D eigenvalue weighted by Gasteiger charge is -2.15. The van der Waals surface area contributed by atoms with Crippen LogP contribution in [0.25, 0.3) is 0 Å². The number of hydrogen-bond acceptors (Lipinski definition) is 1. The molecule has 0 unspecified atom stereocenters. The smallest absolute Gasteiger partial charge is 0.171 e. The van der Waals surface area contributed by atoms with Gasteiger partial charge in [0.15, 0.2) is 5.11 Å². The molecule has 0 amide bonds. The van der Waals surface area contributed by atoms with Crippen molar-refractivity contribution in [3.63, 3.8) is 0 Å². The number of thiocarbonyl (C=S) groups is 1. The molecular weight excluding hydrogens is 302 g/mol. The maximum absolute atomic E-state index is 5.41. The number of nitrogens with one attached hydrogen (secondary N) is 3. The summed E-state index contributed by atoms with van der Waals surface area (Å²) in [6.07, 6.45) is 0. The second kappa shape index (κ2) is 8.09. The van der Waals surface area contributed by atoms with Crippen LogP contribution in [-0.2, 0) is 13.1 Å². The van der Waals surface area contributed by atoms with Crippen molar-refractivity contribution >= 4 is 23.0 Å². The topological polar surface area (TPSA) is 28.5 Å². The fourth-order valence-electron chi connectivity index (χ4n) is 2.45. The molecule has 2 aromatic rings.